The zero-order chi connectivity index (χ0) is 10.7. The molecule has 3 nitrogen and oxygen atoms in total. The number of ketones is 1. The third-order valence-electron chi connectivity index (χ3n) is 4.25. The van der Waals surface area contributed by atoms with Crippen molar-refractivity contribution in [3.8, 4) is 0 Å². The van der Waals surface area contributed by atoms with Crippen LogP contribution in [0.25, 0.3) is 0 Å². The van der Waals surface area contributed by atoms with E-state index in [-0.39, 0.29) is 17.1 Å². The lowest BCUT2D eigenvalue weighted by Gasteiger charge is -2.56. The highest BCUT2D eigenvalue weighted by Gasteiger charge is 2.64. The Bertz CT molecular complexity index is 349. The summed E-state index contributed by atoms with van der Waals surface area (Å²) in [6.07, 6.45) is 6.17. The number of ether oxygens (including phenoxy) is 2. The molecule has 82 valence electrons. The highest BCUT2D eigenvalue weighted by Crippen LogP contribution is 2.55. The minimum absolute atomic E-state index is 0.112. The van der Waals surface area contributed by atoms with Gasteiger partial charge in [0.05, 0.1) is 12.0 Å². The molecule has 0 N–H and O–H groups in total. The lowest BCUT2D eigenvalue weighted by molar-refractivity contribution is -0.279. The van der Waals surface area contributed by atoms with Crippen LogP contribution >= 0.6 is 0 Å². The summed E-state index contributed by atoms with van der Waals surface area (Å²) in [5, 5.41) is 0. The van der Waals surface area contributed by atoms with Gasteiger partial charge in [0.15, 0.2) is 0 Å². The first-order valence-corrected chi connectivity index (χ1v) is 5.56. The van der Waals surface area contributed by atoms with Crippen molar-refractivity contribution in [1.82, 2.24) is 0 Å². The van der Waals surface area contributed by atoms with Gasteiger partial charge >= 0.3 is 0 Å². The Hall–Kier alpha value is -0.670. The number of hydrogen-bond donors (Lipinski definition) is 0. The molecular formula is C12H16O3. The molecular weight excluding hydrogens is 192 g/mol. The predicted molar refractivity (Wildman–Crippen MR) is 54.2 cm³/mol. The SMILES string of the molecule is CO[C@@]12OCC[C@@H]3C[C@@](C)(C=C[C@@H]31)C2=O. The maximum Gasteiger partial charge on any atom is 0.236 e. The van der Waals surface area contributed by atoms with Crippen LogP contribution < -0.4 is 0 Å². The molecule has 4 bridgehead atoms. The number of carbonyl (C=O) groups is 1. The van der Waals surface area contributed by atoms with Crippen molar-refractivity contribution >= 4 is 5.78 Å². The van der Waals surface area contributed by atoms with Gasteiger partial charge in [0, 0.05) is 13.0 Å². The fraction of sp³-hybridized carbons (Fsp3) is 0.750. The fourth-order valence-electron chi connectivity index (χ4n) is 3.46. The van der Waals surface area contributed by atoms with Crippen molar-refractivity contribution in [3.05, 3.63) is 12.2 Å². The molecule has 0 amide bonds. The second-order valence-electron chi connectivity index (χ2n) is 5.10. The van der Waals surface area contributed by atoms with Crippen molar-refractivity contribution in [1.29, 1.82) is 0 Å². The largest absolute Gasteiger partial charge is 0.346 e. The van der Waals surface area contributed by atoms with Crippen molar-refractivity contribution in [2.45, 2.75) is 25.6 Å². The van der Waals surface area contributed by atoms with Gasteiger partial charge in [-0.15, -0.1) is 0 Å². The Morgan fingerprint density at radius 3 is 3.13 bits per heavy atom. The average molecular weight is 208 g/mol. The van der Waals surface area contributed by atoms with Gasteiger partial charge in [0.2, 0.25) is 11.6 Å². The Labute approximate surface area is 89.4 Å². The van der Waals surface area contributed by atoms with E-state index >= 15 is 0 Å². The van der Waals surface area contributed by atoms with E-state index in [1.807, 2.05) is 13.0 Å². The van der Waals surface area contributed by atoms with Crippen LogP contribution in [0.2, 0.25) is 0 Å². The van der Waals surface area contributed by atoms with Gasteiger partial charge in [-0.25, -0.2) is 0 Å². The van der Waals surface area contributed by atoms with Gasteiger partial charge in [-0.05, 0) is 25.7 Å². The molecule has 0 aromatic carbocycles. The topological polar surface area (TPSA) is 35.5 Å². The molecule has 4 atom stereocenters. The predicted octanol–water partition coefficient (Wildman–Crippen LogP) is 1.53. The first-order valence-electron chi connectivity index (χ1n) is 5.56. The lowest BCUT2D eigenvalue weighted by atomic mass is 9.56. The highest BCUT2D eigenvalue weighted by atomic mass is 16.7. The zero-order valence-electron chi connectivity index (χ0n) is 9.16. The molecule has 4 rings (SSSR count). The van der Waals surface area contributed by atoms with Crippen LogP contribution in [0.4, 0.5) is 0 Å². The van der Waals surface area contributed by atoms with Gasteiger partial charge in [0.1, 0.15) is 0 Å². The maximum atomic E-state index is 12.4. The van der Waals surface area contributed by atoms with Crippen LogP contribution in [-0.2, 0) is 14.3 Å². The maximum absolute atomic E-state index is 12.4. The molecule has 2 fully saturated rings. The summed E-state index contributed by atoms with van der Waals surface area (Å²) in [7, 11) is 1.58. The van der Waals surface area contributed by atoms with E-state index in [2.05, 4.69) is 6.08 Å². The Kier molecular flexibility index (Phi) is 1.73. The first-order chi connectivity index (χ1) is 7.12. The summed E-state index contributed by atoms with van der Waals surface area (Å²) in [6, 6.07) is 0. The fourth-order valence-corrected chi connectivity index (χ4v) is 3.46. The number of carbonyl (C=O) groups excluding carboxylic acids is 1. The molecule has 0 unspecified atom stereocenters. The third kappa shape index (κ3) is 0.955. The molecule has 0 radical (unpaired) electrons. The number of rotatable bonds is 1. The van der Waals surface area contributed by atoms with E-state index in [4.69, 9.17) is 9.47 Å². The number of allylic oxidation sites excluding steroid dienone is 1. The van der Waals surface area contributed by atoms with Crippen molar-refractivity contribution < 1.29 is 14.3 Å². The average Bonchev–Trinajstić information content (AvgIpc) is 2.25. The van der Waals surface area contributed by atoms with E-state index in [0.29, 0.717) is 12.5 Å². The van der Waals surface area contributed by atoms with E-state index in [9.17, 15) is 4.79 Å². The molecule has 4 aliphatic rings. The third-order valence-corrected chi connectivity index (χ3v) is 4.25. The van der Waals surface area contributed by atoms with E-state index in [0.717, 1.165) is 12.8 Å². The van der Waals surface area contributed by atoms with Gasteiger partial charge in [-0.1, -0.05) is 12.2 Å². The summed E-state index contributed by atoms with van der Waals surface area (Å²) < 4.78 is 11.1. The van der Waals surface area contributed by atoms with Crippen LogP contribution in [0.5, 0.6) is 0 Å². The second-order valence-corrected chi connectivity index (χ2v) is 5.10. The normalized spacial score (nSPS) is 52.3. The summed E-state index contributed by atoms with van der Waals surface area (Å²) in [5.41, 5.74) is -0.365. The molecule has 3 aliphatic carbocycles. The van der Waals surface area contributed by atoms with Gasteiger partial charge in [-0.3, -0.25) is 4.79 Å². The molecule has 0 aromatic heterocycles. The summed E-state index contributed by atoms with van der Waals surface area (Å²) >= 11 is 0. The van der Waals surface area contributed by atoms with Crippen LogP contribution in [0.15, 0.2) is 12.2 Å². The van der Waals surface area contributed by atoms with Crippen molar-refractivity contribution in [2.24, 2.45) is 17.3 Å². The van der Waals surface area contributed by atoms with Crippen LogP contribution in [0.3, 0.4) is 0 Å². The van der Waals surface area contributed by atoms with Gasteiger partial charge < -0.3 is 9.47 Å². The second kappa shape index (κ2) is 2.71. The Morgan fingerprint density at radius 2 is 2.40 bits per heavy atom. The standard InChI is InChI=1S/C12H16O3/c1-11-5-3-9-8(7-11)4-6-15-12(9,14-2)10(11)13/h3,5,8-9H,4,6-7H2,1-2H3/t8-,9+,11-,12-/m1/s1. The van der Waals surface area contributed by atoms with Crippen LogP contribution in [-0.4, -0.2) is 25.3 Å². The highest BCUT2D eigenvalue weighted by molar-refractivity contribution is 5.95. The summed E-state index contributed by atoms with van der Waals surface area (Å²) in [6.45, 7) is 2.64. The van der Waals surface area contributed by atoms with Gasteiger partial charge in [-0.2, -0.15) is 0 Å². The van der Waals surface area contributed by atoms with E-state index in [1.54, 1.807) is 7.11 Å². The molecule has 0 aromatic rings. The minimum Gasteiger partial charge on any atom is -0.346 e. The van der Waals surface area contributed by atoms with E-state index in [1.165, 1.54) is 0 Å². The molecule has 1 saturated heterocycles. The smallest absolute Gasteiger partial charge is 0.236 e. The van der Waals surface area contributed by atoms with E-state index < -0.39 is 5.79 Å². The quantitative estimate of drug-likeness (QED) is 0.613. The number of Topliss-reactive ketones (excluding diaryl/α,β-unsaturated/α-hetero) is 1. The molecule has 3 heteroatoms. The molecule has 0 spiro atoms. The molecule has 1 saturated carbocycles. The zero-order valence-corrected chi connectivity index (χ0v) is 9.16. The number of hydrogen-bond acceptors (Lipinski definition) is 3. The monoisotopic (exact) mass is 208 g/mol. The van der Waals surface area contributed by atoms with Gasteiger partial charge in [0.25, 0.3) is 0 Å². The van der Waals surface area contributed by atoms with Crippen LogP contribution in [0, 0.1) is 17.3 Å². The van der Waals surface area contributed by atoms with Crippen molar-refractivity contribution in [2.75, 3.05) is 13.7 Å². The first kappa shape index (κ1) is 9.55. The molecule has 1 heterocycles. The molecule has 15 heavy (non-hydrogen) atoms. The van der Waals surface area contributed by atoms with Crippen LogP contribution in [0.1, 0.15) is 19.8 Å². The summed E-state index contributed by atoms with van der Waals surface area (Å²) in [5.74, 6) is -0.178. The minimum atomic E-state index is -0.968. The van der Waals surface area contributed by atoms with Crippen molar-refractivity contribution in [3.63, 3.8) is 0 Å². The Balaban J connectivity index is 2.15. The Morgan fingerprint density at radius 1 is 1.60 bits per heavy atom. The molecule has 1 aliphatic heterocycles. The lowest BCUT2D eigenvalue weighted by Crippen LogP contribution is -2.65. The number of methoxy groups -OCH3 is 1. The summed E-state index contributed by atoms with van der Waals surface area (Å²) in [4.78, 5) is 12.4.